The number of carbonyl (C=O) groups excluding carboxylic acids is 2. The number of ketones is 1. The molecule has 0 radical (unpaired) electrons. The topological polar surface area (TPSA) is 49.4 Å². The first-order chi connectivity index (χ1) is 11.0. The molecule has 23 heavy (non-hydrogen) atoms. The minimum Gasteiger partial charge on any atom is -0.356 e. The number of likely N-dealkylation sites (tertiary alicyclic amines) is 1. The molecule has 2 unspecified atom stereocenters. The van der Waals surface area contributed by atoms with Crippen molar-refractivity contribution in [3.8, 4) is 0 Å². The van der Waals surface area contributed by atoms with Crippen LogP contribution in [0.25, 0.3) is 0 Å². The lowest BCUT2D eigenvalue weighted by atomic mass is 9.92. The van der Waals surface area contributed by atoms with E-state index in [-0.39, 0.29) is 18.1 Å². The van der Waals surface area contributed by atoms with Crippen LogP contribution in [0.1, 0.15) is 49.2 Å². The van der Waals surface area contributed by atoms with Crippen LogP contribution in [0.3, 0.4) is 0 Å². The fourth-order valence-electron chi connectivity index (χ4n) is 3.38. The first-order valence-corrected chi connectivity index (χ1v) is 9.48. The van der Waals surface area contributed by atoms with Crippen molar-refractivity contribution in [2.75, 3.05) is 26.2 Å². The Labute approximate surface area is 143 Å². The van der Waals surface area contributed by atoms with Crippen LogP contribution in [0.5, 0.6) is 0 Å². The van der Waals surface area contributed by atoms with Gasteiger partial charge in [0.25, 0.3) is 0 Å². The Balaban J connectivity index is 1.55. The van der Waals surface area contributed by atoms with Crippen molar-refractivity contribution in [2.45, 2.75) is 39.5 Å². The van der Waals surface area contributed by atoms with Gasteiger partial charge in [0.1, 0.15) is 0 Å². The number of amides is 1. The van der Waals surface area contributed by atoms with Gasteiger partial charge in [0, 0.05) is 32.5 Å². The summed E-state index contributed by atoms with van der Waals surface area (Å²) in [5.41, 5.74) is 0. The highest BCUT2D eigenvalue weighted by atomic mass is 32.1. The van der Waals surface area contributed by atoms with Crippen molar-refractivity contribution in [3.05, 3.63) is 22.4 Å². The Bertz CT molecular complexity index is 491. The number of hydrogen-bond acceptors (Lipinski definition) is 4. The maximum absolute atomic E-state index is 11.8. The summed E-state index contributed by atoms with van der Waals surface area (Å²) in [6.45, 7) is 8.72. The zero-order valence-corrected chi connectivity index (χ0v) is 15.0. The first kappa shape index (κ1) is 18.1. The van der Waals surface area contributed by atoms with Crippen molar-refractivity contribution in [3.63, 3.8) is 0 Å². The zero-order valence-electron chi connectivity index (χ0n) is 14.2. The average molecular weight is 337 g/mol. The second-order valence-corrected chi connectivity index (χ2v) is 7.76. The van der Waals surface area contributed by atoms with E-state index in [4.69, 9.17) is 0 Å². The maximum Gasteiger partial charge on any atom is 0.220 e. The third kappa shape index (κ3) is 6.43. The third-order valence-electron chi connectivity index (χ3n) is 4.29. The Hall–Kier alpha value is -1.20. The molecular weight excluding hydrogens is 308 g/mol. The van der Waals surface area contributed by atoms with Crippen molar-refractivity contribution < 1.29 is 9.59 Å². The Kier molecular flexibility index (Phi) is 7.24. The van der Waals surface area contributed by atoms with Crippen LogP contribution >= 0.6 is 11.3 Å². The molecule has 1 aromatic heterocycles. The molecule has 0 aromatic carbocycles. The van der Waals surface area contributed by atoms with Gasteiger partial charge in [-0.3, -0.25) is 9.59 Å². The number of nitrogens with one attached hydrogen (secondary N) is 1. The van der Waals surface area contributed by atoms with Crippen LogP contribution in [0.15, 0.2) is 17.5 Å². The number of Topliss-reactive ketones (excluding diaryl/α,β-unsaturated/α-hetero) is 1. The smallest absolute Gasteiger partial charge is 0.220 e. The molecule has 1 fully saturated rings. The molecule has 2 atom stereocenters. The Morgan fingerprint density at radius 2 is 2.00 bits per heavy atom. The molecule has 4 nitrogen and oxygen atoms in total. The van der Waals surface area contributed by atoms with E-state index in [1.54, 1.807) is 0 Å². The van der Waals surface area contributed by atoms with Gasteiger partial charge in [-0.1, -0.05) is 19.9 Å². The highest BCUT2D eigenvalue weighted by molar-refractivity contribution is 7.12. The van der Waals surface area contributed by atoms with E-state index in [9.17, 15) is 9.59 Å². The fraction of sp³-hybridized carbons (Fsp3) is 0.667. The number of piperidine rings is 1. The van der Waals surface area contributed by atoms with Gasteiger partial charge in [-0.05, 0) is 42.7 Å². The highest BCUT2D eigenvalue weighted by Crippen LogP contribution is 2.20. The van der Waals surface area contributed by atoms with Gasteiger partial charge in [0.05, 0.1) is 4.88 Å². The van der Waals surface area contributed by atoms with E-state index in [1.165, 1.54) is 30.8 Å². The lowest BCUT2D eigenvalue weighted by Crippen LogP contribution is -2.40. The minimum atomic E-state index is -0.0183. The molecule has 0 saturated carbocycles. The summed E-state index contributed by atoms with van der Waals surface area (Å²) in [5.74, 6) is 1.59. The predicted molar refractivity (Wildman–Crippen MR) is 94.9 cm³/mol. The lowest BCUT2D eigenvalue weighted by molar-refractivity contribution is -0.121. The van der Waals surface area contributed by atoms with Gasteiger partial charge in [0.2, 0.25) is 5.91 Å². The number of rotatable bonds is 8. The van der Waals surface area contributed by atoms with Gasteiger partial charge < -0.3 is 10.2 Å². The molecule has 0 spiro atoms. The molecule has 5 heteroatoms. The van der Waals surface area contributed by atoms with Crippen LogP contribution in [0, 0.1) is 11.8 Å². The number of thiophene rings is 1. The van der Waals surface area contributed by atoms with Crippen LogP contribution < -0.4 is 5.32 Å². The maximum atomic E-state index is 11.8. The molecule has 1 aliphatic rings. The molecule has 0 bridgehead atoms. The highest BCUT2D eigenvalue weighted by Gasteiger charge is 2.21. The van der Waals surface area contributed by atoms with E-state index in [2.05, 4.69) is 24.1 Å². The summed E-state index contributed by atoms with van der Waals surface area (Å²) >= 11 is 1.43. The molecule has 0 aliphatic carbocycles. The quantitative estimate of drug-likeness (QED) is 0.586. The summed E-state index contributed by atoms with van der Waals surface area (Å²) in [7, 11) is 0. The molecule has 1 saturated heterocycles. The normalized spacial score (nSPS) is 22.0. The summed E-state index contributed by atoms with van der Waals surface area (Å²) in [4.78, 5) is 26.9. The summed E-state index contributed by atoms with van der Waals surface area (Å²) < 4.78 is 0. The predicted octanol–water partition coefficient (Wildman–Crippen LogP) is 3.20. The van der Waals surface area contributed by atoms with Crippen molar-refractivity contribution in [1.82, 2.24) is 10.2 Å². The minimum absolute atomic E-state index is 0.0183. The average Bonchev–Trinajstić information content (AvgIpc) is 3.02. The SMILES string of the molecule is CC1CC(C)CN(CCCNC(=O)CCC(=O)c2cccs2)C1. The molecule has 1 amide bonds. The third-order valence-corrected chi connectivity index (χ3v) is 5.20. The Morgan fingerprint density at radius 3 is 2.65 bits per heavy atom. The molecule has 2 rings (SSSR count). The van der Waals surface area contributed by atoms with Crippen LogP contribution in [0.4, 0.5) is 0 Å². The van der Waals surface area contributed by atoms with Crippen LogP contribution in [-0.4, -0.2) is 42.8 Å². The molecule has 1 aliphatic heterocycles. The summed E-state index contributed by atoms with van der Waals surface area (Å²) in [6, 6.07) is 3.67. The molecule has 2 heterocycles. The molecule has 1 N–H and O–H groups in total. The van der Waals surface area contributed by atoms with Gasteiger partial charge in [-0.25, -0.2) is 0 Å². The van der Waals surface area contributed by atoms with Crippen molar-refractivity contribution in [2.24, 2.45) is 11.8 Å². The van der Waals surface area contributed by atoms with E-state index in [0.29, 0.717) is 13.0 Å². The Morgan fingerprint density at radius 1 is 1.26 bits per heavy atom. The van der Waals surface area contributed by atoms with Crippen LogP contribution in [0.2, 0.25) is 0 Å². The first-order valence-electron chi connectivity index (χ1n) is 8.60. The number of carbonyl (C=O) groups is 2. The van der Waals surface area contributed by atoms with Crippen molar-refractivity contribution >= 4 is 23.0 Å². The second kappa shape index (κ2) is 9.18. The van der Waals surface area contributed by atoms with Crippen LogP contribution in [-0.2, 0) is 4.79 Å². The largest absolute Gasteiger partial charge is 0.356 e. The van der Waals surface area contributed by atoms with E-state index >= 15 is 0 Å². The number of hydrogen-bond donors (Lipinski definition) is 1. The summed E-state index contributed by atoms with van der Waals surface area (Å²) in [6.07, 6.45) is 2.89. The zero-order chi connectivity index (χ0) is 16.7. The standard InChI is InChI=1S/C18H28N2O2S/c1-14-11-15(2)13-20(12-14)9-4-8-19-18(22)7-6-16(21)17-5-3-10-23-17/h3,5,10,14-15H,4,6-9,11-13H2,1-2H3,(H,19,22). The number of nitrogens with zero attached hydrogens (tertiary/aromatic N) is 1. The van der Waals surface area contributed by atoms with Gasteiger partial charge in [-0.15, -0.1) is 11.3 Å². The van der Waals surface area contributed by atoms with Gasteiger partial charge in [0.15, 0.2) is 5.78 Å². The monoisotopic (exact) mass is 336 g/mol. The van der Waals surface area contributed by atoms with E-state index in [0.717, 1.165) is 29.7 Å². The molecule has 128 valence electrons. The molecular formula is C18H28N2O2S. The van der Waals surface area contributed by atoms with Gasteiger partial charge >= 0.3 is 0 Å². The summed E-state index contributed by atoms with van der Waals surface area (Å²) in [5, 5.41) is 4.82. The second-order valence-electron chi connectivity index (χ2n) is 6.81. The van der Waals surface area contributed by atoms with Crippen molar-refractivity contribution in [1.29, 1.82) is 0 Å². The fourth-order valence-corrected chi connectivity index (χ4v) is 4.08. The lowest BCUT2D eigenvalue weighted by Gasteiger charge is -2.34. The van der Waals surface area contributed by atoms with E-state index in [1.807, 2.05) is 17.5 Å². The van der Waals surface area contributed by atoms with Gasteiger partial charge in [-0.2, -0.15) is 0 Å². The molecule has 1 aromatic rings. The van der Waals surface area contributed by atoms with E-state index < -0.39 is 0 Å².